The van der Waals surface area contributed by atoms with E-state index in [2.05, 4.69) is 0 Å². The number of Topliss-reactive ketones (excluding diaryl/α,β-unsaturated/α-hetero) is 1. The Morgan fingerprint density at radius 2 is 2.08 bits per heavy atom. The number of aliphatic hydroxyl groups excluding tert-OH is 1. The van der Waals surface area contributed by atoms with Gasteiger partial charge in [-0.1, -0.05) is 24.3 Å². The fraction of sp³-hybridized carbons (Fsp3) is 0.200. The molecule has 0 bridgehead atoms. The van der Waals surface area contributed by atoms with E-state index >= 15 is 0 Å². The second-order valence-corrected chi connectivity index (χ2v) is 2.72. The molecule has 1 aromatic carbocycles. The normalized spacial score (nSPS) is 12.2. The molecule has 3 nitrogen and oxygen atoms in total. The van der Waals surface area contributed by atoms with E-state index in [0.29, 0.717) is 17.4 Å². The number of carbonyl (C=O) groups excluding carboxylic acids is 2. The van der Waals surface area contributed by atoms with Crippen LogP contribution in [0.3, 0.4) is 0 Å². The van der Waals surface area contributed by atoms with Crippen LogP contribution in [0.4, 0.5) is 0 Å². The highest BCUT2D eigenvalue weighted by Gasteiger charge is 2.12. The lowest BCUT2D eigenvalue weighted by Crippen LogP contribution is -2.05. The van der Waals surface area contributed by atoms with Crippen molar-refractivity contribution in [2.75, 3.05) is 0 Å². The number of hydrogen-bond acceptors (Lipinski definition) is 3. The van der Waals surface area contributed by atoms with E-state index in [9.17, 15) is 14.7 Å². The molecule has 0 saturated heterocycles. The van der Waals surface area contributed by atoms with Gasteiger partial charge >= 0.3 is 0 Å². The number of carbonyl (C=O) groups is 2. The number of aliphatic hydroxyl groups is 1. The van der Waals surface area contributed by atoms with Crippen LogP contribution < -0.4 is 0 Å². The first-order chi connectivity index (χ1) is 6.16. The SMILES string of the molecule is CC(=O)c1ccccc1C(O)C=O. The van der Waals surface area contributed by atoms with Crippen molar-refractivity contribution in [3.63, 3.8) is 0 Å². The van der Waals surface area contributed by atoms with Crippen molar-refractivity contribution >= 4 is 12.1 Å². The van der Waals surface area contributed by atoms with Crippen molar-refractivity contribution in [1.29, 1.82) is 0 Å². The molecule has 0 aliphatic heterocycles. The van der Waals surface area contributed by atoms with Gasteiger partial charge in [-0.3, -0.25) is 4.79 Å². The summed E-state index contributed by atoms with van der Waals surface area (Å²) < 4.78 is 0. The molecule has 0 fully saturated rings. The Balaban J connectivity index is 3.19. The highest BCUT2D eigenvalue weighted by Crippen LogP contribution is 2.16. The fourth-order valence-corrected chi connectivity index (χ4v) is 1.15. The number of ketones is 1. The average molecular weight is 178 g/mol. The third-order valence-corrected chi connectivity index (χ3v) is 1.79. The largest absolute Gasteiger partial charge is 0.381 e. The number of rotatable bonds is 3. The first kappa shape index (κ1) is 9.61. The lowest BCUT2D eigenvalue weighted by Gasteiger charge is -2.07. The molecule has 1 aromatic rings. The number of aldehydes is 1. The van der Waals surface area contributed by atoms with Crippen molar-refractivity contribution in [2.45, 2.75) is 13.0 Å². The minimum Gasteiger partial charge on any atom is -0.381 e. The third-order valence-electron chi connectivity index (χ3n) is 1.79. The molecule has 1 rings (SSSR count). The second-order valence-electron chi connectivity index (χ2n) is 2.72. The molecule has 0 amide bonds. The zero-order valence-electron chi connectivity index (χ0n) is 7.23. The van der Waals surface area contributed by atoms with Crippen molar-refractivity contribution < 1.29 is 14.7 Å². The third kappa shape index (κ3) is 2.00. The van der Waals surface area contributed by atoms with Crippen LogP contribution >= 0.6 is 0 Å². The van der Waals surface area contributed by atoms with Gasteiger partial charge in [-0.25, -0.2) is 0 Å². The van der Waals surface area contributed by atoms with Gasteiger partial charge in [0.25, 0.3) is 0 Å². The molecule has 0 aliphatic carbocycles. The van der Waals surface area contributed by atoms with Crippen LogP contribution in [0.2, 0.25) is 0 Å². The summed E-state index contributed by atoms with van der Waals surface area (Å²) in [6.07, 6.45) is -0.804. The number of hydrogen-bond donors (Lipinski definition) is 1. The summed E-state index contributed by atoms with van der Waals surface area (Å²) in [7, 11) is 0. The summed E-state index contributed by atoms with van der Waals surface area (Å²) in [5.41, 5.74) is 0.757. The Morgan fingerprint density at radius 1 is 1.46 bits per heavy atom. The van der Waals surface area contributed by atoms with Gasteiger partial charge in [-0.15, -0.1) is 0 Å². The number of benzene rings is 1. The standard InChI is InChI=1S/C10H10O3/c1-7(12)8-4-2-3-5-9(8)10(13)6-11/h2-6,10,13H,1H3. The van der Waals surface area contributed by atoms with Gasteiger partial charge < -0.3 is 9.90 Å². The highest BCUT2D eigenvalue weighted by atomic mass is 16.3. The van der Waals surface area contributed by atoms with Crippen molar-refractivity contribution in [1.82, 2.24) is 0 Å². The van der Waals surface area contributed by atoms with Gasteiger partial charge in [0.05, 0.1) is 0 Å². The summed E-state index contributed by atoms with van der Waals surface area (Å²) in [4.78, 5) is 21.4. The maximum Gasteiger partial charge on any atom is 0.160 e. The van der Waals surface area contributed by atoms with Crippen LogP contribution in [0.25, 0.3) is 0 Å². The predicted molar refractivity (Wildman–Crippen MR) is 47.5 cm³/mol. The molecule has 3 heteroatoms. The van der Waals surface area contributed by atoms with Gasteiger partial charge in [-0.2, -0.15) is 0 Å². The summed E-state index contributed by atoms with van der Waals surface area (Å²) in [5.74, 6) is -0.156. The molecule has 0 spiro atoms. The van der Waals surface area contributed by atoms with Crippen molar-refractivity contribution in [3.8, 4) is 0 Å². The van der Waals surface area contributed by atoms with Crippen LogP contribution in [0.15, 0.2) is 24.3 Å². The fourth-order valence-electron chi connectivity index (χ4n) is 1.15. The van der Waals surface area contributed by atoms with Gasteiger partial charge in [-0.05, 0) is 12.5 Å². The molecule has 13 heavy (non-hydrogen) atoms. The Morgan fingerprint density at radius 3 is 2.62 bits per heavy atom. The molecule has 0 heterocycles. The predicted octanol–water partition coefficient (Wildman–Crippen LogP) is 1.12. The van der Waals surface area contributed by atoms with E-state index in [1.54, 1.807) is 24.3 Å². The Labute approximate surface area is 76.0 Å². The van der Waals surface area contributed by atoms with E-state index < -0.39 is 6.10 Å². The zero-order valence-corrected chi connectivity index (χ0v) is 7.23. The van der Waals surface area contributed by atoms with Crippen LogP contribution in [0.5, 0.6) is 0 Å². The minimum absolute atomic E-state index is 0.156. The maximum atomic E-state index is 11.1. The molecule has 1 unspecified atom stereocenters. The average Bonchev–Trinajstić information content (AvgIpc) is 2.16. The van der Waals surface area contributed by atoms with E-state index in [0.717, 1.165) is 0 Å². The zero-order chi connectivity index (χ0) is 9.84. The Kier molecular flexibility index (Phi) is 2.93. The quantitative estimate of drug-likeness (QED) is 0.557. The lowest BCUT2D eigenvalue weighted by atomic mass is 10.0. The molecule has 1 N–H and O–H groups in total. The first-order valence-electron chi connectivity index (χ1n) is 3.90. The molecule has 1 atom stereocenters. The smallest absolute Gasteiger partial charge is 0.160 e. The molecular formula is C10H10O3. The first-order valence-corrected chi connectivity index (χ1v) is 3.90. The topological polar surface area (TPSA) is 54.4 Å². The molecule has 0 saturated carbocycles. The molecular weight excluding hydrogens is 168 g/mol. The van der Waals surface area contributed by atoms with Crippen LogP contribution in [0, 0.1) is 0 Å². The highest BCUT2D eigenvalue weighted by molar-refractivity contribution is 5.96. The summed E-state index contributed by atoms with van der Waals surface area (Å²) in [6, 6.07) is 6.52. The Hall–Kier alpha value is -1.48. The van der Waals surface area contributed by atoms with E-state index in [1.807, 2.05) is 0 Å². The van der Waals surface area contributed by atoms with Gasteiger partial charge in [0.15, 0.2) is 12.1 Å². The minimum atomic E-state index is -1.21. The summed E-state index contributed by atoms with van der Waals surface area (Å²) >= 11 is 0. The van der Waals surface area contributed by atoms with E-state index in [4.69, 9.17) is 0 Å². The van der Waals surface area contributed by atoms with Crippen LogP contribution in [-0.4, -0.2) is 17.2 Å². The Bertz CT molecular complexity index is 331. The van der Waals surface area contributed by atoms with Gasteiger partial charge in [0.1, 0.15) is 6.10 Å². The monoisotopic (exact) mass is 178 g/mol. The molecule has 0 radical (unpaired) electrons. The van der Waals surface area contributed by atoms with Crippen molar-refractivity contribution in [3.05, 3.63) is 35.4 Å². The maximum absolute atomic E-state index is 11.1. The lowest BCUT2D eigenvalue weighted by molar-refractivity contribution is -0.115. The van der Waals surface area contributed by atoms with E-state index in [-0.39, 0.29) is 5.78 Å². The van der Waals surface area contributed by atoms with Gasteiger partial charge in [0.2, 0.25) is 0 Å². The summed E-state index contributed by atoms with van der Waals surface area (Å²) in [6.45, 7) is 1.40. The molecule has 68 valence electrons. The van der Waals surface area contributed by atoms with Gasteiger partial charge in [0, 0.05) is 5.56 Å². The van der Waals surface area contributed by atoms with Crippen molar-refractivity contribution in [2.24, 2.45) is 0 Å². The van der Waals surface area contributed by atoms with Crippen LogP contribution in [0.1, 0.15) is 28.9 Å². The molecule has 0 aromatic heterocycles. The molecule has 0 aliphatic rings. The second kappa shape index (κ2) is 3.96. The van der Waals surface area contributed by atoms with Crippen LogP contribution in [-0.2, 0) is 4.79 Å². The van der Waals surface area contributed by atoms with E-state index in [1.165, 1.54) is 6.92 Å². The summed E-state index contributed by atoms with van der Waals surface area (Å²) in [5, 5.41) is 9.24.